The van der Waals surface area contributed by atoms with E-state index in [1.54, 1.807) is 0 Å². The van der Waals surface area contributed by atoms with Crippen molar-refractivity contribution in [3.63, 3.8) is 0 Å². The number of nitrogens with one attached hydrogen (secondary N) is 2. The molecule has 6 nitrogen and oxygen atoms in total. The molecule has 2 unspecified atom stereocenters. The summed E-state index contributed by atoms with van der Waals surface area (Å²) < 4.78 is 1.97. The number of guanidine groups is 1. The molecule has 0 aliphatic carbocycles. The van der Waals surface area contributed by atoms with Gasteiger partial charge in [0.1, 0.15) is 0 Å². The van der Waals surface area contributed by atoms with Crippen LogP contribution in [0.4, 0.5) is 0 Å². The van der Waals surface area contributed by atoms with E-state index >= 15 is 0 Å². The van der Waals surface area contributed by atoms with Crippen molar-refractivity contribution in [2.75, 3.05) is 26.2 Å². The standard InChI is InChI=1S/C24H38N6/c1-6-25-24(27-18(2)16-22-19(3)28-29(5)20(22)4)26-17-23(30-14-10-11-15-30)21-12-8-7-9-13-21/h7-9,12-13,18,23H,6,10-11,14-17H2,1-5H3,(H2,25,26,27). The highest BCUT2D eigenvalue weighted by atomic mass is 15.3. The number of rotatable bonds is 8. The first-order valence-electron chi connectivity index (χ1n) is 11.3. The molecular weight excluding hydrogens is 372 g/mol. The van der Waals surface area contributed by atoms with E-state index in [-0.39, 0.29) is 6.04 Å². The summed E-state index contributed by atoms with van der Waals surface area (Å²) in [5.74, 6) is 0.893. The minimum Gasteiger partial charge on any atom is -0.357 e. The molecule has 2 heterocycles. The molecule has 1 aromatic heterocycles. The van der Waals surface area contributed by atoms with E-state index in [9.17, 15) is 0 Å². The lowest BCUT2D eigenvalue weighted by atomic mass is 10.1. The first-order valence-corrected chi connectivity index (χ1v) is 11.3. The highest BCUT2D eigenvalue weighted by molar-refractivity contribution is 5.80. The van der Waals surface area contributed by atoms with Gasteiger partial charge in [0.25, 0.3) is 0 Å². The summed E-state index contributed by atoms with van der Waals surface area (Å²) in [4.78, 5) is 7.58. The van der Waals surface area contributed by atoms with Crippen LogP contribution in [0.2, 0.25) is 0 Å². The van der Waals surface area contributed by atoms with Gasteiger partial charge in [-0.3, -0.25) is 14.6 Å². The molecule has 1 aromatic carbocycles. The van der Waals surface area contributed by atoms with Gasteiger partial charge in [-0.15, -0.1) is 0 Å². The predicted octanol–water partition coefficient (Wildman–Crippen LogP) is 3.36. The Bertz CT molecular complexity index is 820. The van der Waals surface area contributed by atoms with Crippen LogP contribution < -0.4 is 10.6 Å². The first kappa shape index (κ1) is 22.3. The summed E-state index contributed by atoms with van der Waals surface area (Å²) in [5, 5.41) is 11.6. The van der Waals surface area contributed by atoms with E-state index in [4.69, 9.17) is 4.99 Å². The lowest BCUT2D eigenvalue weighted by Gasteiger charge is -2.27. The van der Waals surface area contributed by atoms with Crippen molar-refractivity contribution in [1.82, 2.24) is 25.3 Å². The van der Waals surface area contributed by atoms with E-state index in [0.717, 1.165) is 44.3 Å². The van der Waals surface area contributed by atoms with E-state index in [0.29, 0.717) is 6.04 Å². The van der Waals surface area contributed by atoms with Gasteiger partial charge < -0.3 is 10.6 Å². The van der Waals surface area contributed by atoms with Gasteiger partial charge in [0.05, 0.1) is 18.3 Å². The fourth-order valence-electron chi connectivity index (χ4n) is 4.36. The number of nitrogens with zero attached hydrogens (tertiary/aromatic N) is 4. The summed E-state index contributed by atoms with van der Waals surface area (Å²) in [6.45, 7) is 12.5. The Labute approximate surface area is 181 Å². The van der Waals surface area contributed by atoms with Crippen molar-refractivity contribution in [2.24, 2.45) is 12.0 Å². The number of aryl methyl sites for hydroxylation is 2. The number of likely N-dealkylation sites (tertiary alicyclic amines) is 1. The van der Waals surface area contributed by atoms with Crippen LogP contribution >= 0.6 is 0 Å². The van der Waals surface area contributed by atoms with Crippen LogP contribution in [-0.2, 0) is 13.5 Å². The maximum absolute atomic E-state index is 5.00. The van der Waals surface area contributed by atoms with E-state index in [2.05, 4.69) is 78.7 Å². The third kappa shape index (κ3) is 5.63. The molecule has 6 heteroatoms. The molecule has 30 heavy (non-hydrogen) atoms. The normalized spacial score (nSPS) is 17.2. The number of benzene rings is 1. The molecule has 1 fully saturated rings. The second-order valence-corrected chi connectivity index (χ2v) is 8.41. The van der Waals surface area contributed by atoms with Gasteiger partial charge in [0.15, 0.2) is 5.96 Å². The fourth-order valence-corrected chi connectivity index (χ4v) is 4.36. The van der Waals surface area contributed by atoms with Gasteiger partial charge in [0.2, 0.25) is 0 Å². The lowest BCUT2D eigenvalue weighted by Crippen LogP contribution is -2.43. The molecule has 0 saturated carbocycles. The highest BCUT2D eigenvalue weighted by Crippen LogP contribution is 2.25. The Morgan fingerprint density at radius 1 is 1.17 bits per heavy atom. The molecule has 0 amide bonds. The quantitative estimate of drug-likeness (QED) is 0.518. The van der Waals surface area contributed by atoms with Gasteiger partial charge in [-0.05, 0) is 71.2 Å². The van der Waals surface area contributed by atoms with E-state index in [1.165, 1.54) is 29.7 Å². The second-order valence-electron chi connectivity index (χ2n) is 8.41. The number of aliphatic imine (C=N–C) groups is 1. The first-order chi connectivity index (χ1) is 14.5. The van der Waals surface area contributed by atoms with Crippen molar-refractivity contribution in [3.05, 3.63) is 52.8 Å². The maximum Gasteiger partial charge on any atom is 0.191 e. The summed E-state index contributed by atoms with van der Waals surface area (Å²) in [6, 6.07) is 11.4. The lowest BCUT2D eigenvalue weighted by molar-refractivity contribution is 0.251. The Morgan fingerprint density at radius 2 is 1.87 bits per heavy atom. The van der Waals surface area contributed by atoms with Gasteiger partial charge >= 0.3 is 0 Å². The highest BCUT2D eigenvalue weighted by Gasteiger charge is 2.23. The molecule has 3 rings (SSSR count). The Balaban J connectivity index is 1.70. The van der Waals surface area contributed by atoms with Crippen LogP contribution in [0.15, 0.2) is 35.3 Å². The molecule has 1 saturated heterocycles. The topological polar surface area (TPSA) is 57.5 Å². The summed E-state index contributed by atoms with van der Waals surface area (Å²) in [7, 11) is 2.01. The zero-order valence-electron chi connectivity index (χ0n) is 19.3. The molecule has 0 spiro atoms. The fraction of sp³-hybridized carbons (Fsp3) is 0.583. The van der Waals surface area contributed by atoms with Crippen molar-refractivity contribution in [2.45, 2.75) is 59.0 Å². The van der Waals surface area contributed by atoms with Crippen molar-refractivity contribution < 1.29 is 0 Å². The molecule has 1 aliphatic heterocycles. The van der Waals surface area contributed by atoms with E-state index < -0.39 is 0 Å². The van der Waals surface area contributed by atoms with Crippen LogP contribution in [0.3, 0.4) is 0 Å². The molecule has 2 atom stereocenters. The number of aromatic nitrogens is 2. The number of hydrogen-bond acceptors (Lipinski definition) is 3. The average molecular weight is 411 g/mol. The minimum atomic E-state index is 0.270. The predicted molar refractivity (Wildman–Crippen MR) is 125 cm³/mol. The SMILES string of the molecule is CCNC(=NCC(c1ccccc1)N1CCCC1)NC(C)Cc1c(C)nn(C)c1C. The molecule has 1 aliphatic rings. The Hall–Kier alpha value is -2.34. The van der Waals surface area contributed by atoms with Gasteiger partial charge in [-0.25, -0.2) is 0 Å². The largest absolute Gasteiger partial charge is 0.357 e. The molecular formula is C24H38N6. The van der Waals surface area contributed by atoms with Gasteiger partial charge in [-0.1, -0.05) is 30.3 Å². The molecule has 0 bridgehead atoms. The van der Waals surface area contributed by atoms with Crippen LogP contribution in [0.25, 0.3) is 0 Å². The summed E-state index contributed by atoms with van der Waals surface area (Å²) >= 11 is 0. The van der Waals surface area contributed by atoms with Crippen molar-refractivity contribution in [1.29, 1.82) is 0 Å². The van der Waals surface area contributed by atoms with Crippen LogP contribution in [0, 0.1) is 13.8 Å². The van der Waals surface area contributed by atoms with Gasteiger partial charge in [0, 0.05) is 25.3 Å². The molecule has 0 radical (unpaired) electrons. The minimum absolute atomic E-state index is 0.270. The molecule has 164 valence electrons. The third-order valence-electron chi connectivity index (χ3n) is 6.08. The summed E-state index contributed by atoms with van der Waals surface area (Å²) in [5.41, 5.74) is 5.03. The second kappa shape index (κ2) is 10.6. The molecule has 2 N–H and O–H groups in total. The van der Waals surface area contributed by atoms with Crippen LogP contribution in [0.1, 0.15) is 55.2 Å². The Morgan fingerprint density at radius 3 is 2.47 bits per heavy atom. The van der Waals surface area contributed by atoms with E-state index in [1.807, 2.05) is 11.7 Å². The third-order valence-corrected chi connectivity index (χ3v) is 6.08. The number of hydrogen-bond donors (Lipinski definition) is 2. The van der Waals surface area contributed by atoms with Crippen LogP contribution in [-0.4, -0.2) is 52.9 Å². The monoisotopic (exact) mass is 410 g/mol. The maximum atomic E-state index is 5.00. The zero-order valence-corrected chi connectivity index (χ0v) is 19.3. The zero-order chi connectivity index (χ0) is 21.5. The summed E-state index contributed by atoms with van der Waals surface area (Å²) in [6.07, 6.45) is 3.50. The molecule has 2 aromatic rings. The van der Waals surface area contributed by atoms with Crippen molar-refractivity contribution >= 4 is 5.96 Å². The van der Waals surface area contributed by atoms with Crippen molar-refractivity contribution in [3.8, 4) is 0 Å². The smallest absolute Gasteiger partial charge is 0.191 e. The Kier molecular flexibility index (Phi) is 7.91. The van der Waals surface area contributed by atoms with Crippen LogP contribution in [0.5, 0.6) is 0 Å². The van der Waals surface area contributed by atoms with Gasteiger partial charge in [-0.2, -0.15) is 5.10 Å². The average Bonchev–Trinajstić information content (AvgIpc) is 3.34.